The third kappa shape index (κ3) is 4.43. The molecule has 1 aromatic rings. The third-order valence-electron chi connectivity index (χ3n) is 3.91. The second-order valence-corrected chi connectivity index (χ2v) is 5.48. The molecule has 1 aromatic carbocycles. The second-order valence-electron chi connectivity index (χ2n) is 5.48. The van der Waals surface area contributed by atoms with Crippen molar-refractivity contribution >= 4 is 5.96 Å². The van der Waals surface area contributed by atoms with E-state index in [1.165, 1.54) is 19.3 Å². The first-order valence-electron chi connectivity index (χ1n) is 8.12. The molecule has 2 N–H and O–H groups in total. The van der Waals surface area contributed by atoms with E-state index in [9.17, 15) is 0 Å². The van der Waals surface area contributed by atoms with Crippen LogP contribution in [0.2, 0.25) is 0 Å². The van der Waals surface area contributed by atoms with E-state index in [2.05, 4.69) is 9.89 Å². The van der Waals surface area contributed by atoms with Crippen LogP contribution in [0.3, 0.4) is 0 Å². The fourth-order valence-corrected chi connectivity index (χ4v) is 2.71. The van der Waals surface area contributed by atoms with Crippen LogP contribution in [-0.2, 0) is 6.54 Å². The van der Waals surface area contributed by atoms with Gasteiger partial charge in [0.25, 0.3) is 0 Å². The number of ether oxygens (including phenoxy) is 3. The van der Waals surface area contributed by atoms with Crippen molar-refractivity contribution in [3.8, 4) is 17.2 Å². The highest BCUT2D eigenvalue weighted by Gasteiger charge is 2.15. The highest BCUT2D eigenvalue weighted by atomic mass is 16.5. The Morgan fingerprint density at radius 1 is 1.13 bits per heavy atom. The van der Waals surface area contributed by atoms with Gasteiger partial charge in [-0.05, 0) is 43.9 Å². The Hall–Kier alpha value is -2.11. The molecule has 1 saturated heterocycles. The smallest absolute Gasteiger partial charge is 0.203 e. The number of methoxy groups -OCH3 is 2. The molecule has 0 aromatic heterocycles. The summed E-state index contributed by atoms with van der Waals surface area (Å²) in [5.74, 6) is 2.52. The minimum Gasteiger partial charge on any atom is -0.493 e. The lowest BCUT2D eigenvalue weighted by Gasteiger charge is -2.27. The molecule has 0 unspecified atom stereocenters. The molecule has 0 radical (unpaired) electrons. The normalized spacial score (nSPS) is 15.4. The number of hydrogen-bond acceptors (Lipinski definition) is 4. The van der Waals surface area contributed by atoms with Gasteiger partial charge in [0.2, 0.25) is 5.75 Å². The first-order chi connectivity index (χ1) is 11.2. The zero-order chi connectivity index (χ0) is 16.7. The number of nitrogens with two attached hydrogens (primary N) is 1. The zero-order valence-corrected chi connectivity index (χ0v) is 14.3. The molecular formula is C17H27N3O3. The molecular weight excluding hydrogens is 294 g/mol. The van der Waals surface area contributed by atoms with E-state index in [1.54, 1.807) is 14.2 Å². The number of guanidine groups is 1. The van der Waals surface area contributed by atoms with Crippen molar-refractivity contribution in [3.05, 3.63) is 17.7 Å². The van der Waals surface area contributed by atoms with Gasteiger partial charge in [-0.3, -0.25) is 0 Å². The fraction of sp³-hybridized carbons (Fsp3) is 0.588. The van der Waals surface area contributed by atoms with Crippen LogP contribution in [0.15, 0.2) is 17.1 Å². The summed E-state index contributed by atoms with van der Waals surface area (Å²) in [5, 5.41) is 0. The molecule has 1 heterocycles. The summed E-state index contributed by atoms with van der Waals surface area (Å²) < 4.78 is 16.4. The van der Waals surface area contributed by atoms with Gasteiger partial charge in [-0.15, -0.1) is 0 Å². The predicted molar refractivity (Wildman–Crippen MR) is 91.5 cm³/mol. The molecule has 23 heavy (non-hydrogen) atoms. The van der Waals surface area contributed by atoms with Crippen molar-refractivity contribution in [1.29, 1.82) is 0 Å². The number of aliphatic imine (C=N–C) groups is 1. The van der Waals surface area contributed by atoms with Gasteiger partial charge in [0.15, 0.2) is 17.5 Å². The highest BCUT2D eigenvalue weighted by Crippen LogP contribution is 2.38. The second kappa shape index (κ2) is 8.50. The van der Waals surface area contributed by atoms with Gasteiger partial charge in [0, 0.05) is 13.1 Å². The van der Waals surface area contributed by atoms with Gasteiger partial charge in [0.05, 0.1) is 27.4 Å². The molecule has 0 atom stereocenters. The zero-order valence-electron chi connectivity index (χ0n) is 14.3. The maximum atomic E-state index is 6.10. The predicted octanol–water partition coefficient (Wildman–Crippen LogP) is 2.40. The van der Waals surface area contributed by atoms with E-state index in [1.807, 2.05) is 19.1 Å². The first-order valence-corrected chi connectivity index (χ1v) is 8.12. The van der Waals surface area contributed by atoms with Crippen molar-refractivity contribution in [2.24, 2.45) is 10.7 Å². The number of piperidine rings is 1. The fourth-order valence-electron chi connectivity index (χ4n) is 2.71. The number of rotatable bonds is 6. The number of benzene rings is 1. The highest BCUT2D eigenvalue weighted by molar-refractivity contribution is 5.78. The van der Waals surface area contributed by atoms with E-state index < -0.39 is 0 Å². The van der Waals surface area contributed by atoms with Crippen LogP contribution in [0.4, 0.5) is 0 Å². The molecule has 0 aliphatic carbocycles. The van der Waals surface area contributed by atoms with Crippen LogP contribution >= 0.6 is 0 Å². The van der Waals surface area contributed by atoms with Gasteiger partial charge in [-0.1, -0.05) is 0 Å². The summed E-state index contributed by atoms with van der Waals surface area (Å²) >= 11 is 0. The topological polar surface area (TPSA) is 69.3 Å². The molecule has 0 amide bonds. The van der Waals surface area contributed by atoms with Crippen LogP contribution in [0.5, 0.6) is 17.2 Å². The van der Waals surface area contributed by atoms with Gasteiger partial charge >= 0.3 is 0 Å². The van der Waals surface area contributed by atoms with Crippen molar-refractivity contribution in [1.82, 2.24) is 4.90 Å². The number of hydrogen-bond donors (Lipinski definition) is 1. The quantitative estimate of drug-likeness (QED) is 0.643. The monoisotopic (exact) mass is 321 g/mol. The van der Waals surface area contributed by atoms with Gasteiger partial charge in [-0.25, -0.2) is 4.99 Å². The molecule has 0 spiro atoms. The SMILES string of the molecule is CCOc1c(OC)cc(CN=C(N)N2CCCCC2)cc1OC. The van der Waals surface area contributed by atoms with Crippen molar-refractivity contribution in [3.63, 3.8) is 0 Å². The van der Waals surface area contributed by atoms with Crippen molar-refractivity contribution in [2.75, 3.05) is 33.9 Å². The third-order valence-corrected chi connectivity index (χ3v) is 3.91. The Kier molecular flexibility index (Phi) is 6.38. The molecule has 6 nitrogen and oxygen atoms in total. The van der Waals surface area contributed by atoms with Crippen molar-refractivity contribution < 1.29 is 14.2 Å². The Morgan fingerprint density at radius 3 is 2.26 bits per heavy atom. The van der Waals surface area contributed by atoms with E-state index in [-0.39, 0.29) is 0 Å². The van der Waals surface area contributed by atoms with Crippen LogP contribution in [0.25, 0.3) is 0 Å². The molecule has 0 bridgehead atoms. The molecule has 2 rings (SSSR count). The van der Waals surface area contributed by atoms with E-state index >= 15 is 0 Å². The standard InChI is InChI=1S/C17H27N3O3/c1-4-23-16-14(21-2)10-13(11-15(16)22-3)12-19-17(18)20-8-6-5-7-9-20/h10-11H,4-9,12H2,1-3H3,(H2,18,19). The summed E-state index contributed by atoms with van der Waals surface area (Å²) in [4.78, 5) is 6.66. The summed E-state index contributed by atoms with van der Waals surface area (Å²) in [6, 6.07) is 3.83. The average Bonchev–Trinajstić information content (AvgIpc) is 2.61. The maximum Gasteiger partial charge on any atom is 0.203 e. The summed E-state index contributed by atoms with van der Waals surface area (Å²) in [5.41, 5.74) is 7.08. The van der Waals surface area contributed by atoms with Crippen LogP contribution < -0.4 is 19.9 Å². The van der Waals surface area contributed by atoms with E-state index in [4.69, 9.17) is 19.9 Å². The molecule has 128 valence electrons. The molecule has 0 saturated carbocycles. The van der Waals surface area contributed by atoms with Crippen LogP contribution in [0, 0.1) is 0 Å². The Balaban J connectivity index is 2.15. The molecule has 1 aliphatic heterocycles. The van der Waals surface area contributed by atoms with Gasteiger partial charge < -0.3 is 24.8 Å². The Morgan fingerprint density at radius 2 is 1.74 bits per heavy atom. The summed E-state index contributed by atoms with van der Waals surface area (Å²) in [6.45, 7) is 4.94. The summed E-state index contributed by atoms with van der Waals surface area (Å²) in [7, 11) is 3.23. The first kappa shape index (κ1) is 17.2. The molecule has 6 heteroatoms. The Labute approximate surface area is 138 Å². The minimum absolute atomic E-state index is 0.488. The van der Waals surface area contributed by atoms with E-state index in [0.717, 1.165) is 18.7 Å². The van der Waals surface area contributed by atoms with Crippen LogP contribution in [-0.4, -0.2) is 44.8 Å². The van der Waals surface area contributed by atoms with Gasteiger partial charge in [-0.2, -0.15) is 0 Å². The van der Waals surface area contributed by atoms with Gasteiger partial charge in [0.1, 0.15) is 0 Å². The van der Waals surface area contributed by atoms with Crippen LogP contribution in [0.1, 0.15) is 31.7 Å². The minimum atomic E-state index is 0.488. The van der Waals surface area contributed by atoms with E-state index in [0.29, 0.717) is 36.4 Å². The van der Waals surface area contributed by atoms with Crippen molar-refractivity contribution in [2.45, 2.75) is 32.7 Å². The number of likely N-dealkylation sites (tertiary alicyclic amines) is 1. The maximum absolute atomic E-state index is 6.10. The largest absolute Gasteiger partial charge is 0.493 e. The molecule has 1 fully saturated rings. The summed E-state index contributed by atoms with van der Waals surface area (Å²) in [6.07, 6.45) is 3.64. The lowest BCUT2D eigenvalue weighted by Crippen LogP contribution is -2.40. The average molecular weight is 321 g/mol. The lowest BCUT2D eigenvalue weighted by molar-refractivity contribution is 0.288. The number of nitrogens with zero attached hydrogens (tertiary/aromatic N) is 2. The lowest BCUT2D eigenvalue weighted by atomic mass is 10.1. The Bertz CT molecular complexity index is 515. The molecule has 1 aliphatic rings.